The van der Waals surface area contributed by atoms with Gasteiger partial charge < -0.3 is 9.52 Å². The van der Waals surface area contributed by atoms with Crippen LogP contribution in [0, 0.1) is 0 Å². The van der Waals surface area contributed by atoms with Crippen LogP contribution >= 0.6 is 0 Å². The molecule has 0 aromatic carbocycles. The first-order valence-electron chi connectivity index (χ1n) is 3.55. The first-order chi connectivity index (χ1) is 5.22. The maximum absolute atomic E-state index is 10.7. The molecule has 1 N–H and O–H groups in total. The van der Waals surface area contributed by atoms with E-state index in [4.69, 9.17) is 9.52 Å². The van der Waals surface area contributed by atoms with E-state index in [0.717, 1.165) is 12.5 Å². The average molecular weight is 154 g/mol. The molecule has 3 heteroatoms. The maximum Gasteiger partial charge on any atom is 0.339 e. The van der Waals surface area contributed by atoms with Crippen LogP contribution in [0.15, 0.2) is 21.3 Å². The summed E-state index contributed by atoms with van der Waals surface area (Å²) in [5.74, 6) is 0.516. The third kappa shape index (κ3) is 2.11. The van der Waals surface area contributed by atoms with Gasteiger partial charge in [-0.2, -0.15) is 0 Å². The molecule has 3 nitrogen and oxygen atoms in total. The predicted molar refractivity (Wildman–Crippen MR) is 40.6 cm³/mol. The summed E-state index contributed by atoms with van der Waals surface area (Å²) in [7, 11) is 0. The zero-order chi connectivity index (χ0) is 8.27. The largest absolute Gasteiger partial charge is 0.508 e. The minimum atomic E-state index is -0.492. The smallest absolute Gasteiger partial charge is 0.339 e. The molecule has 60 valence electrons. The topological polar surface area (TPSA) is 50.4 Å². The number of hydrogen-bond acceptors (Lipinski definition) is 3. The van der Waals surface area contributed by atoms with Gasteiger partial charge in [0.15, 0.2) is 0 Å². The first kappa shape index (κ1) is 7.85. The summed E-state index contributed by atoms with van der Waals surface area (Å²) in [5, 5.41) is 8.96. The molecule has 0 saturated carbocycles. The van der Waals surface area contributed by atoms with Crippen molar-refractivity contribution >= 4 is 0 Å². The van der Waals surface area contributed by atoms with E-state index in [9.17, 15) is 4.79 Å². The Morgan fingerprint density at radius 3 is 2.82 bits per heavy atom. The Balaban J connectivity index is 2.99. The van der Waals surface area contributed by atoms with Crippen LogP contribution in [0.4, 0.5) is 0 Å². The Morgan fingerprint density at radius 1 is 1.55 bits per heavy atom. The van der Waals surface area contributed by atoms with Gasteiger partial charge in [0.05, 0.1) is 6.07 Å². The Kier molecular flexibility index (Phi) is 2.31. The second-order valence-electron chi connectivity index (χ2n) is 2.35. The van der Waals surface area contributed by atoms with Crippen LogP contribution in [-0.2, 0) is 6.42 Å². The SMILES string of the molecule is CCCc1cc(O)cc(=O)o1. The van der Waals surface area contributed by atoms with Crippen LogP contribution in [0.5, 0.6) is 5.75 Å². The molecule has 1 heterocycles. The lowest BCUT2D eigenvalue weighted by Gasteiger charge is -1.95. The maximum atomic E-state index is 10.7. The fraction of sp³-hybridized carbons (Fsp3) is 0.375. The van der Waals surface area contributed by atoms with E-state index in [-0.39, 0.29) is 5.75 Å². The molecule has 1 aromatic rings. The minimum Gasteiger partial charge on any atom is -0.508 e. The van der Waals surface area contributed by atoms with Gasteiger partial charge in [-0.05, 0) is 6.42 Å². The normalized spacial score (nSPS) is 9.91. The lowest BCUT2D eigenvalue weighted by Crippen LogP contribution is -1.98. The van der Waals surface area contributed by atoms with Crippen LogP contribution in [0.25, 0.3) is 0 Å². The fourth-order valence-electron chi connectivity index (χ4n) is 0.885. The van der Waals surface area contributed by atoms with Crippen LogP contribution in [0.3, 0.4) is 0 Å². The lowest BCUT2D eigenvalue weighted by molar-refractivity contribution is 0.422. The highest BCUT2D eigenvalue weighted by Gasteiger charge is 1.97. The molecule has 0 bridgehead atoms. The van der Waals surface area contributed by atoms with E-state index in [1.807, 2.05) is 6.92 Å². The van der Waals surface area contributed by atoms with Crippen molar-refractivity contribution in [1.29, 1.82) is 0 Å². The minimum absolute atomic E-state index is 0.0234. The molecule has 0 atom stereocenters. The van der Waals surface area contributed by atoms with Crippen molar-refractivity contribution in [3.8, 4) is 5.75 Å². The van der Waals surface area contributed by atoms with Crippen molar-refractivity contribution in [3.05, 3.63) is 28.3 Å². The van der Waals surface area contributed by atoms with Gasteiger partial charge in [-0.3, -0.25) is 0 Å². The van der Waals surface area contributed by atoms with Gasteiger partial charge in [0.25, 0.3) is 0 Å². The second-order valence-corrected chi connectivity index (χ2v) is 2.35. The molecule has 0 aliphatic carbocycles. The summed E-state index contributed by atoms with van der Waals surface area (Å²) in [6.45, 7) is 1.98. The van der Waals surface area contributed by atoms with Gasteiger partial charge in [-0.15, -0.1) is 0 Å². The molecule has 0 amide bonds. The first-order valence-corrected chi connectivity index (χ1v) is 3.55. The predicted octanol–water partition coefficient (Wildman–Crippen LogP) is 1.30. The molecular weight excluding hydrogens is 144 g/mol. The molecular formula is C8H10O3. The van der Waals surface area contributed by atoms with Crippen molar-refractivity contribution in [1.82, 2.24) is 0 Å². The van der Waals surface area contributed by atoms with Crippen molar-refractivity contribution in [2.24, 2.45) is 0 Å². The molecule has 0 spiro atoms. The van der Waals surface area contributed by atoms with Gasteiger partial charge in [-0.1, -0.05) is 6.92 Å². The molecule has 11 heavy (non-hydrogen) atoms. The molecule has 0 aliphatic heterocycles. The molecule has 1 aromatic heterocycles. The van der Waals surface area contributed by atoms with Gasteiger partial charge in [0, 0.05) is 12.5 Å². The summed E-state index contributed by atoms with van der Waals surface area (Å²) in [6.07, 6.45) is 1.58. The molecule has 0 unspecified atom stereocenters. The molecule has 0 radical (unpaired) electrons. The highest BCUT2D eigenvalue weighted by molar-refractivity contribution is 5.18. The number of aromatic hydroxyl groups is 1. The number of aryl methyl sites for hydroxylation is 1. The summed E-state index contributed by atoms with van der Waals surface area (Å²) < 4.78 is 4.78. The highest BCUT2D eigenvalue weighted by Crippen LogP contribution is 2.08. The Morgan fingerprint density at radius 2 is 2.27 bits per heavy atom. The monoisotopic (exact) mass is 154 g/mol. The molecule has 0 aliphatic rings. The van der Waals surface area contributed by atoms with E-state index in [1.54, 1.807) is 0 Å². The zero-order valence-corrected chi connectivity index (χ0v) is 6.33. The summed E-state index contributed by atoms with van der Waals surface area (Å²) in [4.78, 5) is 10.7. The molecule has 1 rings (SSSR count). The fourth-order valence-corrected chi connectivity index (χ4v) is 0.885. The second kappa shape index (κ2) is 3.23. The van der Waals surface area contributed by atoms with Gasteiger partial charge in [-0.25, -0.2) is 4.79 Å². The lowest BCUT2D eigenvalue weighted by atomic mass is 10.2. The Bertz CT molecular complexity index is 288. The Labute approximate surface area is 64.3 Å². The summed E-state index contributed by atoms with van der Waals surface area (Å²) in [5.41, 5.74) is -0.492. The quantitative estimate of drug-likeness (QED) is 0.698. The van der Waals surface area contributed by atoms with Crippen LogP contribution in [0.2, 0.25) is 0 Å². The van der Waals surface area contributed by atoms with Crippen LogP contribution in [0.1, 0.15) is 19.1 Å². The summed E-state index contributed by atoms with van der Waals surface area (Å²) >= 11 is 0. The highest BCUT2D eigenvalue weighted by atomic mass is 16.4. The number of hydrogen-bond donors (Lipinski definition) is 1. The van der Waals surface area contributed by atoms with Gasteiger partial charge in [0.2, 0.25) is 0 Å². The van der Waals surface area contributed by atoms with Crippen molar-refractivity contribution in [2.75, 3.05) is 0 Å². The van der Waals surface area contributed by atoms with E-state index in [1.165, 1.54) is 6.07 Å². The standard InChI is InChI=1S/C8H10O3/c1-2-3-7-4-6(9)5-8(10)11-7/h4-5,9H,2-3H2,1H3. The molecule has 0 saturated heterocycles. The van der Waals surface area contributed by atoms with E-state index < -0.39 is 5.63 Å². The van der Waals surface area contributed by atoms with E-state index >= 15 is 0 Å². The van der Waals surface area contributed by atoms with Crippen molar-refractivity contribution in [3.63, 3.8) is 0 Å². The zero-order valence-electron chi connectivity index (χ0n) is 6.33. The summed E-state index contributed by atoms with van der Waals surface area (Å²) in [6, 6.07) is 2.52. The van der Waals surface area contributed by atoms with Crippen molar-refractivity contribution in [2.45, 2.75) is 19.8 Å². The van der Waals surface area contributed by atoms with Crippen LogP contribution < -0.4 is 5.63 Å². The van der Waals surface area contributed by atoms with Gasteiger partial charge in [0.1, 0.15) is 11.5 Å². The van der Waals surface area contributed by atoms with E-state index in [2.05, 4.69) is 0 Å². The molecule has 0 fully saturated rings. The average Bonchev–Trinajstić information content (AvgIpc) is 1.85. The van der Waals surface area contributed by atoms with Crippen LogP contribution in [-0.4, -0.2) is 5.11 Å². The Hall–Kier alpha value is -1.25. The third-order valence-corrected chi connectivity index (χ3v) is 1.30. The van der Waals surface area contributed by atoms with E-state index in [0.29, 0.717) is 12.2 Å². The third-order valence-electron chi connectivity index (χ3n) is 1.30. The van der Waals surface area contributed by atoms with Gasteiger partial charge >= 0.3 is 5.63 Å². The van der Waals surface area contributed by atoms with Crippen molar-refractivity contribution < 1.29 is 9.52 Å². The number of rotatable bonds is 2.